The third kappa shape index (κ3) is 4.11. The molecular weight excluding hydrogens is 264 g/mol. The van der Waals surface area contributed by atoms with Gasteiger partial charge in [-0.05, 0) is 38.1 Å². The molecule has 0 saturated carbocycles. The topological polar surface area (TPSA) is 38.8 Å². The van der Waals surface area contributed by atoms with E-state index in [1.54, 1.807) is 0 Å². The number of piperazine rings is 1. The van der Waals surface area contributed by atoms with Crippen LogP contribution in [0.25, 0.3) is 0 Å². The second kappa shape index (κ2) is 6.80. The van der Waals surface area contributed by atoms with Crippen LogP contribution in [-0.2, 0) is 0 Å². The molecule has 0 unspecified atom stereocenters. The first-order valence-corrected chi connectivity index (χ1v) is 7.54. The summed E-state index contributed by atoms with van der Waals surface area (Å²) in [6.07, 6.45) is 0. The normalized spacial score (nSPS) is 16.1. The standard InChI is InChI=1S/C16H26N4O/c1-13(2)19-9-11-20(12-10-19)16(21)17-14-5-7-15(8-6-14)18(3)4/h5-8,13H,9-12H2,1-4H3,(H,17,21). The number of hydrogen-bond acceptors (Lipinski definition) is 3. The van der Waals surface area contributed by atoms with E-state index in [-0.39, 0.29) is 6.03 Å². The Morgan fingerprint density at radius 3 is 2.14 bits per heavy atom. The molecule has 2 rings (SSSR count). The molecule has 1 fully saturated rings. The number of anilines is 2. The van der Waals surface area contributed by atoms with Crippen LogP contribution >= 0.6 is 0 Å². The Balaban J connectivity index is 1.87. The van der Waals surface area contributed by atoms with Gasteiger partial charge in [0, 0.05) is 57.7 Å². The van der Waals surface area contributed by atoms with Crippen LogP contribution in [0.3, 0.4) is 0 Å². The second-order valence-corrected chi connectivity index (χ2v) is 5.99. The van der Waals surface area contributed by atoms with Gasteiger partial charge in [-0.15, -0.1) is 0 Å². The van der Waals surface area contributed by atoms with Gasteiger partial charge in [-0.2, -0.15) is 0 Å². The lowest BCUT2D eigenvalue weighted by atomic mass is 10.2. The molecule has 0 aromatic heterocycles. The highest BCUT2D eigenvalue weighted by Gasteiger charge is 2.22. The van der Waals surface area contributed by atoms with Crippen LogP contribution in [0.2, 0.25) is 0 Å². The SMILES string of the molecule is CC(C)N1CCN(C(=O)Nc2ccc(N(C)C)cc2)CC1. The summed E-state index contributed by atoms with van der Waals surface area (Å²) in [6.45, 7) is 7.87. The van der Waals surface area contributed by atoms with Crippen LogP contribution in [0.5, 0.6) is 0 Å². The molecule has 1 saturated heterocycles. The highest BCUT2D eigenvalue weighted by atomic mass is 16.2. The average molecular weight is 290 g/mol. The van der Waals surface area contributed by atoms with Gasteiger partial charge in [0.1, 0.15) is 0 Å². The van der Waals surface area contributed by atoms with Crippen LogP contribution in [0.15, 0.2) is 24.3 Å². The van der Waals surface area contributed by atoms with E-state index < -0.39 is 0 Å². The molecule has 2 amide bonds. The zero-order chi connectivity index (χ0) is 15.4. The van der Waals surface area contributed by atoms with Crippen molar-refractivity contribution in [2.75, 3.05) is 50.5 Å². The number of nitrogens with one attached hydrogen (secondary N) is 1. The molecule has 1 aromatic rings. The lowest BCUT2D eigenvalue weighted by Gasteiger charge is -2.36. The van der Waals surface area contributed by atoms with Crippen molar-refractivity contribution in [1.29, 1.82) is 0 Å². The van der Waals surface area contributed by atoms with E-state index in [9.17, 15) is 4.79 Å². The third-order valence-electron chi connectivity index (χ3n) is 3.97. The number of urea groups is 1. The van der Waals surface area contributed by atoms with Crippen molar-refractivity contribution in [3.8, 4) is 0 Å². The van der Waals surface area contributed by atoms with Crippen molar-refractivity contribution >= 4 is 17.4 Å². The van der Waals surface area contributed by atoms with Gasteiger partial charge in [-0.25, -0.2) is 4.79 Å². The van der Waals surface area contributed by atoms with Crippen molar-refractivity contribution in [3.05, 3.63) is 24.3 Å². The first-order chi connectivity index (χ1) is 9.97. The summed E-state index contributed by atoms with van der Waals surface area (Å²) in [6, 6.07) is 8.44. The Hall–Kier alpha value is -1.75. The molecule has 0 spiro atoms. The minimum absolute atomic E-state index is 0.00370. The number of carbonyl (C=O) groups excluding carboxylic acids is 1. The Kier molecular flexibility index (Phi) is 5.07. The molecule has 116 valence electrons. The number of hydrogen-bond donors (Lipinski definition) is 1. The van der Waals surface area contributed by atoms with Crippen molar-refractivity contribution in [1.82, 2.24) is 9.80 Å². The van der Waals surface area contributed by atoms with Crippen LogP contribution in [0.4, 0.5) is 16.2 Å². The fourth-order valence-electron chi connectivity index (χ4n) is 2.49. The van der Waals surface area contributed by atoms with Crippen LogP contribution in [-0.4, -0.2) is 62.1 Å². The van der Waals surface area contributed by atoms with Gasteiger partial charge in [0.2, 0.25) is 0 Å². The first kappa shape index (κ1) is 15.6. The van der Waals surface area contributed by atoms with Crippen molar-refractivity contribution in [2.45, 2.75) is 19.9 Å². The van der Waals surface area contributed by atoms with Gasteiger partial charge < -0.3 is 15.1 Å². The summed E-state index contributed by atoms with van der Waals surface area (Å²) in [7, 11) is 4.00. The van der Waals surface area contributed by atoms with Gasteiger partial charge in [-0.1, -0.05) is 0 Å². The van der Waals surface area contributed by atoms with E-state index in [1.807, 2.05) is 48.2 Å². The monoisotopic (exact) mass is 290 g/mol. The fraction of sp³-hybridized carbons (Fsp3) is 0.562. The van der Waals surface area contributed by atoms with E-state index >= 15 is 0 Å². The third-order valence-corrected chi connectivity index (χ3v) is 3.97. The molecule has 21 heavy (non-hydrogen) atoms. The number of amides is 2. The molecule has 0 aliphatic carbocycles. The summed E-state index contributed by atoms with van der Waals surface area (Å²) in [5.41, 5.74) is 1.97. The molecule has 1 N–H and O–H groups in total. The molecule has 1 aliphatic heterocycles. The largest absolute Gasteiger partial charge is 0.378 e. The second-order valence-electron chi connectivity index (χ2n) is 5.99. The zero-order valence-corrected chi connectivity index (χ0v) is 13.5. The maximum atomic E-state index is 12.2. The van der Waals surface area contributed by atoms with E-state index in [4.69, 9.17) is 0 Å². The van der Waals surface area contributed by atoms with E-state index in [1.165, 1.54) is 0 Å². The number of carbonyl (C=O) groups is 1. The van der Waals surface area contributed by atoms with Gasteiger partial charge >= 0.3 is 6.03 Å². The summed E-state index contributed by atoms with van der Waals surface area (Å²) < 4.78 is 0. The Morgan fingerprint density at radius 2 is 1.67 bits per heavy atom. The zero-order valence-electron chi connectivity index (χ0n) is 13.5. The maximum absolute atomic E-state index is 12.2. The lowest BCUT2D eigenvalue weighted by molar-refractivity contribution is 0.125. The van der Waals surface area contributed by atoms with Crippen LogP contribution in [0, 0.1) is 0 Å². The molecule has 1 aromatic carbocycles. The molecular formula is C16H26N4O. The minimum atomic E-state index is -0.00370. The van der Waals surface area contributed by atoms with Gasteiger partial charge in [0.15, 0.2) is 0 Å². The Bertz CT molecular complexity index is 462. The Morgan fingerprint density at radius 1 is 1.10 bits per heavy atom. The molecule has 0 bridgehead atoms. The van der Waals surface area contributed by atoms with E-state index in [2.05, 4.69) is 24.1 Å². The quantitative estimate of drug-likeness (QED) is 0.928. The fourth-order valence-corrected chi connectivity index (χ4v) is 2.49. The predicted molar refractivity (Wildman–Crippen MR) is 88.1 cm³/mol. The summed E-state index contributed by atoms with van der Waals surface area (Å²) in [5.74, 6) is 0. The highest BCUT2D eigenvalue weighted by Crippen LogP contribution is 2.16. The van der Waals surface area contributed by atoms with Crippen LogP contribution < -0.4 is 10.2 Å². The van der Waals surface area contributed by atoms with Crippen molar-refractivity contribution in [2.24, 2.45) is 0 Å². The average Bonchev–Trinajstić information content (AvgIpc) is 2.47. The summed E-state index contributed by atoms with van der Waals surface area (Å²) in [4.78, 5) is 18.6. The van der Waals surface area contributed by atoms with Gasteiger partial charge in [0.25, 0.3) is 0 Å². The van der Waals surface area contributed by atoms with Crippen molar-refractivity contribution in [3.63, 3.8) is 0 Å². The molecule has 1 heterocycles. The minimum Gasteiger partial charge on any atom is -0.378 e. The smallest absolute Gasteiger partial charge is 0.321 e. The molecule has 0 radical (unpaired) electrons. The maximum Gasteiger partial charge on any atom is 0.321 e. The van der Waals surface area contributed by atoms with Crippen LogP contribution in [0.1, 0.15) is 13.8 Å². The highest BCUT2D eigenvalue weighted by molar-refractivity contribution is 5.89. The first-order valence-electron chi connectivity index (χ1n) is 7.54. The summed E-state index contributed by atoms with van der Waals surface area (Å²) >= 11 is 0. The molecule has 1 aliphatic rings. The number of rotatable bonds is 3. The number of nitrogens with zero attached hydrogens (tertiary/aromatic N) is 3. The Labute approximate surface area is 127 Å². The summed E-state index contributed by atoms with van der Waals surface area (Å²) in [5, 5.41) is 2.97. The molecule has 5 heteroatoms. The van der Waals surface area contributed by atoms with Crippen molar-refractivity contribution < 1.29 is 4.79 Å². The van der Waals surface area contributed by atoms with Gasteiger partial charge in [0.05, 0.1) is 0 Å². The predicted octanol–water partition coefficient (Wildman–Crippen LogP) is 2.31. The lowest BCUT2D eigenvalue weighted by Crippen LogP contribution is -2.51. The number of benzene rings is 1. The molecule has 5 nitrogen and oxygen atoms in total. The van der Waals surface area contributed by atoms with E-state index in [0.29, 0.717) is 6.04 Å². The molecule has 0 atom stereocenters. The van der Waals surface area contributed by atoms with Gasteiger partial charge in [-0.3, -0.25) is 4.90 Å². The van der Waals surface area contributed by atoms with E-state index in [0.717, 1.165) is 37.6 Å².